The lowest BCUT2D eigenvalue weighted by atomic mass is 9.49. The summed E-state index contributed by atoms with van der Waals surface area (Å²) in [5.41, 5.74) is 9.58. The van der Waals surface area contributed by atoms with Crippen molar-refractivity contribution in [1.29, 1.82) is 0 Å². The van der Waals surface area contributed by atoms with Crippen LogP contribution in [0, 0.1) is 0 Å². The third-order valence-corrected chi connectivity index (χ3v) is 18.2. The Balaban J connectivity index is 1.29. The molecule has 2 atom stereocenters. The second-order valence-electron chi connectivity index (χ2n) is 24.1. The van der Waals surface area contributed by atoms with Crippen LogP contribution in [-0.2, 0) is 80.5 Å². The molecule has 0 spiro atoms. The zero-order valence-electron chi connectivity index (χ0n) is 51.1. The highest BCUT2D eigenvalue weighted by Crippen LogP contribution is 2.67. The van der Waals surface area contributed by atoms with Gasteiger partial charge in [0, 0.05) is 65.3 Å². The van der Waals surface area contributed by atoms with E-state index in [4.69, 9.17) is 18.9 Å². The lowest BCUT2D eigenvalue weighted by Gasteiger charge is -2.64. The maximum Gasteiger partial charge on any atom is 0.168 e. The van der Waals surface area contributed by atoms with E-state index in [1.807, 2.05) is 42.5 Å². The van der Waals surface area contributed by atoms with Crippen molar-refractivity contribution in [3.8, 4) is 28.7 Å². The summed E-state index contributed by atoms with van der Waals surface area (Å²) in [4.78, 5) is 0. The molecule has 0 amide bonds. The van der Waals surface area contributed by atoms with Crippen LogP contribution in [0.1, 0.15) is 83.5 Å². The van der Waals surface area contributed by atoms with E-state index in [1.54, 1.807) is 6.07 Å². The Kier molecular flexibility index (Phi) is 18.0. The smallest absolute Gasteiger partial charge is 0.168 e. The van der Waals surface area contributed by atoms with Gasteiger partial charge in [0.25, 0.3) is 0 Å². The minimum absolute atomic E-state index is 0.165. The fraction of sp³-hybridized carbons (Fsp3) is 0.153. The molecule has 1 aliphatic heterocycles. The first-order valence-electron chi connectivity index (χ1n) is 31.6. The van der Waals surface area contributed by atoms with Crippen molar-refractivity contribution in [2.45, 2.75) is 81.4 Å². The highest BCUT2D eigenvalue weighted by Gasteiger charge is 2.72. The van der Waals surface area contributed by atoms with E-state index in [0.717, 1.165) is 72.3 Å². The largest absolute Gasteiger partial charge is 0.504 e. The summed E-state index contributed by atoms with van der Waals surface area (Å²) >= 11 is 0. The van der Waals surface area contributed by atoms with Gasteiger partial charge in [0.15, 0.2) is 17.1 Å². The van der Waals surface area contributed by atoms with Gasteiger partial charge in [0.05, 0.1) is 6.61 Å². The molecule has 0 saturated carbocycles. The van der Waals surface area contributed by atoms with Crippen LogP contribution < -0.4 is 14.2 Å². The number of fused-ring (bicyclic) bond motifs is 1. The zero-order valence-corrected chi connectivity index (χ0v) is 51.1. The normalized spacial score (nSPS) is 15.6. The molecule has 91 heavy (non-hydrogen) atoms. The summed E-state index contributed by atoms with van der Waals surface area (Å²) in [6, 6.07) is 109. The molecule has 0 saturated heterocycles. The topological polar surface area (TPSA) is 77.4 Å². The molecule has 0 fully saturated rings. The molecule has 6 heteroatoms. The monoisotopic (exact) mass is 1190 g/mol. The van der Waals surface area contributed by atoms with Gasteiger partial charge in [-0.2, -0.15) is 0 Å². The van der Waals surface area contributed by atoms with Gasteiger partial charge in [-0.3, -0.25) is 0 Å². The van der Waals surface area contributed by atoms with Crippen molar-refractivity contribution in [3.05, 3.63) is 399 Å². The van der Waals surface area contributed by atoms with Gasteiger partial charge in [-0.15, -0.1) is 0 Å². The van der Waals surface area contributed by atoms with Crippen LogP contribution in [0.4, 0.5) is 0 Å². The predicted molar refractivity (Wildman–Crippen MR) is 364 cm³/mol. The molecule has 0 bridgehead atoms. The SMILES string of the molecule is Oc1ccc(C2(Cc3ccccc3)Oc3c(Cc4ccccc4)c(OCc4ccccc4)c(Cc4ccccc4)c(OCc4ccccc4)c3C(Cc3ccccc3)(Cc3ccccc3)C2(Cc2ccccc2)OCc2ccccc2)c(Cc2ccccc2)c1O. The Labute approximate surface area is 535 Å². The third kappa shape index (κ3) is 12.8. The first-order valence-corrected chi connectivity index (χ1v) is 31.6. The molecule has 1 heterocycles. The molecule has 6 nitrogen and oxygen atoms in total. The summed E-state index contributed by atoms with van der Waals surface area (Å²) in [6.07, 6.45) is 2.45. The Morgan fingerprint density at radius 1 is 0.297 bits per heavy atom. The number of ether oxygens (including phenoxy) is 4. The van der Waals surface area contributed by atoms with Gasteiger partial charge in [0.1, 0.15) is 36.1 Å². The van der Waals surface area contributed by atoms with Gasteiger partial charge in [0.2, 0.25) is 0 Å². The molecule has 12 aromatic rings. The molecule has 2 unspecified atom stereocenters. The zero-order chi connectivity index (χ0) is 61.7. The van der Waals surface area contributed by atoms with Gasteiger partial charge in [-0.05, 0) is 74.5 Å². The standard InChI is InChI=1S/C85H74O6/c86-77-52-51-76(73(79(77)87)53-63-31-11-1-12-32-63)84(58-68-41-21-6-22-42-68)85(59-69-43-23-7-24-44-69,90-62-72-49-29-10-30-50-72)83(56-66-37-17-4-18-38-66,57-67-39-19-5-20-40-67)78-81(89-61-71-47-27-9-28-48-71)74(54-64-33-13-2-14-34-64)80(88-60-70-45-25-8-26-46-70)75(82(78)91-84)55-65-35-15-3-16-36-65/h1-52,86-87H,53-62H2. The Morgan fingerprint density at radius 2 is 0.626 bits per heavy atom. The average Bonchev–Trinajstić information content (AvgIpc) is 0.665. The molecule has 450 valence electrons. The molecule has 0 radical (unpaired) electrons. The van der Waals surface area contributed by atoms with Crippen molar-refractivity contribution >= 4 is 0 Å². The van der Waals surface area contributed by atoms with Crippen LogP contribution in [0.3, 0.4) is 0 Å². The van der Waals surface area contributed by atoms with Crippen LogP contribution in [0.15, 0.2) is 315 Å². The van der Waals surface area contributed by atoms with E-state index >= 15 is 0 Å². The summed E-state index contributed by atoms with van der Waals surface area (Å²) in [7, 11) is 0. The highest BCUT2D eigenvalue weighted by molar-refractivity contribution is 5.72. The number of hydrogen-bond acceptors (Lipinski definition) is 6. The van der Waals surface area contributed by atoms with Crippen molar-refractivity contribution in [2.75, 3.05) is 0 Å². The van der Waals surface area contributed by atoms with Gasteiger partial charge >= 0.3 is 0 Å². The van der Waals surface area contributed by atoms with E-state index in [0.29, 0.717) is 60.5 Å². The fourth-order valence-electron chi connectivity index (χ4n) is 14.0. The number of benzene rings is 12. The number of aromatic hydroxyl groups is 2. The van der Waals surface area contributed by atoms with Crippen LogP contribution in [0.25, 0.3) is 0 Å². The minimum atomic E-state index is -1.63. The molecule has 2 N–H and O–H groups in total. The molecular formula is C85H74O6. The van der Waals surface area contributed by atoms with E-state index in [1.165, 1.54) is 0 Å². The Bertz CT molecular complexity index is 4230. The van der Waals surface area contributed by atoms with Crippen molar-refractivity contribution in [3.63, 3.8) is 0 Å². The summed E-state index contributed by atoms with van der Waals surface area (Å²) in [5, 5.41) is 25.2. The second-order valence-corrected chi connectivity index (χ2v) is 24.1. The van der Waals surface area contributed by atoms with Crippen molar-refractivity contribution in [1.82, 2.24) is 0 Å². The lowest BCUT2D eigenvalue weighted by molar-refractivity contribution is -0.237. The molecule has 0 aliphatic carbocycles. The van der Waals surface area contributed by atoms with Crippen molar-refractivity contribution in [2.24, 2.45) is 0 Å². The maximum absolute atomic E-state index is 13.1. The van der Waals surface area contributed by atoms with Crippen molar-refractivity contribution < 1.29 is 29.2 Å². The second kappa shape index (κ2) is 27.6. The third-order valence-electron chi connectivity index (χ3n) is 18.2. The Hall–Kier alpha value is -10.4. The molecular weight excluding hydrogens is 1120 g/mol. The van der Waals surface area contributed by atoms with Crippen LogP contribution in [0.5, 0.6) is 28.7 Å². The lowest BCUT2D eigenvalue weighted by Crippen LogP contribution is -2.73. The molecule has 12 aromatic carbocycles. The summed E-state index contributed by atoms with van der Waals surface area (Å²) in [5.74, 6) is 1.47. The van der Waals surface area contributed by atoms with E-state index < -0.39 is 16.6 Å². The number of hydrogen-bond donors (Lipinski definition) is 2. The Morgan fingerprint density at radius 3 is 1.04 bits per heavy atom. The van der Waals surface area contributed by atoms with E-state index in [-0.39, 0.29) is 44.2 Å². The number of phenols is 2. The van der Waals surface area contributed by atoms with E-state index in [2.05, 4.69) is 267 Å². The maximum atomic E-state index is 13.1. The number of rotatable bonds is 24. The highest BCUT2D eigenvalue weighted by atomic mass is 16.6. The molecule has 1 aliphatic rings. The first kappa shape index (κ1) is 59.6. The predicted octanol–water partition coefficient (Wildman–Crippen LogP) is 18.5. The molecule has 13 rings (SSSR count). The molecule has 0 aromatic heterocycles. The quantitative estimate of drug-likeness (QED) is 0.0587. The van der Waals surface area contributed by atoms with Gasteiger partial charge in [-0.25, -0.2) is 0 Å². The van der Waals surface area contributed by atoms with Gasteiger partial charge in [-0.1, -0.05) is 309 Å². The van der Waals surface area contributed by atoms with Crippen LogP contribution in [0.2, 0.25) is 0 Å². The van der Waals surface area contributed by atoms with E-state index in [9.17, 15) is 10.2 Å². The fourth-order valence-corrected chi connectivity index (χ4v) is 14.0. The average molecular weight is 1190 g/mol. The number of phenolic OH excluding ortho intramolecular Hbond substituents is 2. The first-order chi connectivity index (χ1) is 44.9. The minimum Gasteiger partial charge on any atom is -0.504 e. The van der Waals surface area contributed by atoms with Crippen LogP contribution in [-0.4, -0.2) is 15.8 Å². The van der Waals surface area contributed by atoms with Crippen LogP contribution >= 0.6 is 0 Å². The summed E-state index contributed by atoms with van der Waals surface area (Å²) < 4.78 is 33.4. The summed E-state index contributed by atoms with van der Waals surface area (Å²) in [6.45, 7) is 0.635. The van der Waals surface area contributed by atoms with Gasteiger partial charge < -0.3 is 29.2 Å².